The number of ether oxygens (including phenoxy) is 8. The third-order valence-corrected chi connectivity index (χ3v) is 4.60. The Morgan fingerprint density at radius 3 is 2.22 bits per heavy atom. The molecular weight excluding hydrogens is 424 g/mol. The van der Waals surface area contributed by atoms with E-state index in [2.05, 4.69) is 11.8 Å². The highest BCUT2D eigenvalue weighted by atomic mass is 16.8. The molecule has 10 heteroatoms. The fourth-order valence-corrected chi connectivity index (χ4v) is 3.27. The van der Waals surface area contributed by atoms with E-state index in [1.807, 2.05) is 30.3 Å². The Hall–Kier alpha value is -3.28. The lowest BCUT2D eigenvalue weighted by molar-refractivity contribution is -0.358. The van der Waals surface area contributed by atoms with Crippen LogP contribution in [0.15, 0.2) is 30.3 Å². The van der Waals surface area contributed by atoms with E-state index in [-0.39, 0.29) is 19.8 Å². The number of fused-ring (bicyclic) bond motifs is 1. The zero-order valence-corrected chi connectivity index (χ0v) is 17.2. The van der Waals surface area contributed by atoms with Crippen molar-refractivity contribution in [1.29, 1.82) is 0 Å². The van der Waals surface area contributed by atoms with Gasteiger partial charge in [0.05, 0.1) is 6.61 Å². The van der Waals surface area contributed by atoms with Crippen LogP contribution in [0.1, 0.15) is 11.9 Å². The highest BCUT2D eigenvalue weighted by molar-refractivity contribution is 5.62. The summed E-state index contributed by atoms with van der Waals surface area (Å²) in [7, 11) is 1.33. The maximum Gasteiger partial charge on any atom is 0.509 e. The molecule has 1 aromatic carbocycles. The van der Waals surface area contributed by atoms with Gasteiger partial charge in [-0.3, -0.25) is 0 Å². The van der Waals surface area contributed by atoms with Gasteiger partial charge in [-0.25, -0.2) is 9.59 Å². The first-order valence-corrected chi connectivity index (χ1v) is 9.61. The average Bonchev–Trinajstić information content (AvgIpc) is 2.82. The van der Waals surface area contributed by atoms with Gasteiger partial charge in [-0.15, -0.1) is 12.8 Å². The second-order valence-corrected chi connectivity index (χ2v) is 6.61. The van der Waals surface area contributed by atoms with E-state index in [4.69, 9.17) is 50.7 Å². The predicted octanol–water partition coefficient (Wildman–Crippen LogP) is 1.78. The summed E-state index contributed by atoms with van der Waals surface area (Å²) < 4.78 is 43.2. The topological polar surface area (TPSA) is 108 Å². The summed E-state index contributed by atoms with van der Waals surface area (Å²) in [5.41, 5.74) is 0.736. The van der Waals surface area contributed by atoms with Crippen molar-refractivity contribution >= 4 is 12.3 Å². The van der Waals surface area contributed by atoms with E-state index in [1.165, 1.54) is 7.11 Å². The molecule has 0 amide bonds. The van der Waals surface area contributed by atoms with Crippen LogP contribution in [0.4, 0.5) is 9.59 Å². The molecule has 0 spiro atoms. The molecule has 0 aromatic heterocycles. The van der Waals surface area contributed by atoms with E-state index in [0.717, 1.165) is 5.56 Å². The summed E-state index contributed by atoms with van der Waals surface area (Å²) in [4.78, 5) is 24.3. The fraction of sp³-hybridized carbons (Fsp3) is 0.455. The molecule has 3 rings (SSSR count). The number of carbonyl (C=O) groups is 2. The third kappa shape index (κ3) is 5.69. The van der Waals surface area contributed by atoms with Crippen LogP contribution in [-0.4, -0.2) is 69.9 Å². The van der Waals surface area contributed by atoms with Gasteiger partial charge in [0.1, 0.15) is 12.2 Å². The van der Waals surface area contributed by atoms with Crippen molar-refractivity contribution in [2.75, 3.05) is 26.9 Å². The van der Waals surface area contributed by atoms with Gasteiger partial charge < -0.3 is 37.9 Å². The molecule has 0 N–H and O–H groups in total. The summed E-state index contributed by atoms with van der Waals surface area (Å²) in [5, 5.41) is 0. The summed E-state index contributed by atoms with van der Waals surface area (Å²) in [6, 6.07) is 9.13. The van der Waals surface area contributed by atoms with Gasteiger partial charge in [0, 0.05) is 12.7 Å². The Morgan fingerprint density at radius 2 is 1.62 bits per heavy atom. The molecule has 6 atom stereocenters. The number of terminal acetylenes is 2. The molecule has 170 valence electrons. The number of carbonyl (C=O) groups excluding carboxylic acids is 2. The molecular formula is C22H22O10. The zero-order valence-electron chi connectivity index (χ0n) is 17.2. The zero-order chi connectivity index (χ0) is 22.9. The third-order valence-electron chi connectivity index (χ3n) is 4.60. The molecule has 0 unspecified atom stereocenters. The van der Waals surface area contributed by atoms with Gasteiger partial charge in [0.2, 0.25) is 0 Å². The van der Waals surface area contributed by atoms with Gasteiger partial charge in [-0.2, -0.15) is 0 Å². The minimum atomic E-state index is -1.26. The summed E-state index contributed by atoms with van der Waals surface area (Å²) >= 11 is 0. The number of benzene rings is 1. The smallest absolute Gasteiger partial charge is 0.424 e. The molecule has 0 aliphatic carbocycles. The highest BCUT2D eigenvalue weighted by Crippen LogP contribution is 2.36. The lowest BCUT2D eigenvalue weighted by Gasteiger charge is -2.47. The highest BCUT2D eigenvalue weighted by Gasteiger charge is 2.54. The summed E-state index contributed by atoms with van der Waals surface area (Å²) in [6.45, 7) is -0.528. The van der Waals surface area contributed by atoms with E-state index in [9.17, 15) is 9.59 Å². The first kappa shape index (κ1) is 23.4. The Labute approximate surface area is 184 Å². The minimum Gasteiger partial charge on any atom is -0.424 e. The molecule has 2 fully saturated rings. The van der Waals surface area contributed by atoms with Crippen LogP contribution in [0.5, 0.6) is 0 Å². The minimum absolute atomic E-state index is 0.0949. The van der Waals surface area contributed by atoms with Gasteiger partial charge in [0.15, 0.2) is 38.0 Å². The van der Waals surface area contributed by atoms with Crippen LogP contribution in [0.3, 0.4) is 0 Å². The summed E-state index contributed by atoms with van der Waals surface area (Å²) in [5.74, 6) is 4.31. The number of hydrogen-bond acceptors (Lipinski definition) is 10. The van der Waals surface area contributed by atoms with Crippen LogP contribution >= 0.6 is 0 Å². The van der Waals surface area contributed by atoms with Crippen LogP contribution in [0.2, 0.25) is 0 Å². The first-order valence-electron chi connectivity index (χ1n) is 9.61. The molecule has 2 heterocycles. The van der Waals surface area contributed by atoms with Gasteiger partial charge in [-0.1, -0.05) is 42.2 Å². The van der Waals surface area contributed by atoms with Crippen molar-refractivity contribution in [1.82, 2.24) is 0 Å². The SMILES string of the molecule is C#CCOC(=O)O[C@@H]1[C@@H](OC(=O)OCC#C)[C@@H](OC)O[C@@H]2CO[C@@H](c3ccccc3)O[C@@H]12. The average molecular weight is 446 g/mol. The van der Waals surface area contributed by atoms with Gasteiger partial charge in [-0.05, 0) is 0 Å². The predicted molar refractivity (Wildman–Crippen MR) is 106 cm³/mol. The van der Waals surface area contributed by atoms with E-state index < -0.39 is 49.3 Å². The lowest BCUT2D eigenvalue weighted by atomic mass is 9.97. The van der Waals surface area contributed by atoms with Crippen molar-refractivity contribution in [3.05, 3.63) is 35.9 Å². The second kappa shape index (κ2) is 11.4. The number of hydrogen-bond donors (Lipinski definition) is 0. The molecule has 0 radical (unpaired) electrons. The van der Waals surface area contributed by atoms with E-state index in [0.29, 0.717) is 0 Å². The lowest BCUT2D eigenvalue weighted by Crippen LogP contribution is -2.64. The standard InChI is InChI=1S/C22H22O10/c1-4-11-26-21(23)31-17-16-15(13-28-19(30-16)14-9-7-6-8-10-14)29-20(25-3)18(17)32-22(24)27-12-5-2/h1-2,6-10,15-20H,11-13H2,3H3/t15-,16-,17+,18-,19-,20+/m1/s1. The molecule has 1 aromatic rings. The van der Waals surface area contributed by atoms with Crippen LogP contribution in [0, 0.1) is 24.7 Å². The molecule has 10 nitrogen and oxygen atoms in total. The largest absolute Gasteiger partial charge is 0.509 e. The van der Waals surface area contributed by atoms with Crippen LogP contribution in [-0.2, 0) is 37.9 Å². The molecule has 32 heavy (non-hydrogen) atoms. The number of methoxy groups -OCH3 is 1. The van der Waals surface area contributed by atoms with Gasteiger partial charge in [0.25, 0.3) is 0 Å². The number of rotatable bonds is 6. The first-order chi connectivity index (χ1) is 15.6. The molecule has 2 aliphatic heterocycles. The Balaban J connectivity index is 1.84. The Morgan fingerprint density at radius 1 is 1.00 bits per heavy atom. The Bertz CT molecular complexity index is 858. The van der Waals surface area contributed by atoms with Crippen molar-refractivity contribution in [2.24, 2.45) is 0 Å². The van der Waals surface area contributed by atoms with Gasteiger partial charge >= 0.3 is 12.3 Å². The van der Waals surface area contributed by atoms with Crippen molar-refractivity contribution in [2.45, 2.75) is 37.0 Å². The monoisotopic (exact) mass is 446 g/mol. The van der Waals surface area contributed by atoms with Crippen LogP contribution < -0.4 is 0 Å². The molecule has 0 saturated carbocycles. The fourth-order valence-electron chi connectivity index (χ4n) is 3.27. The molecule has 2 saturated heterocycles. The van der Waals surface area contributed by atoms with Crippen LogP contribution in [0.25, 0.3) is 0 Å². The maximum atomic E-state index is 12.2. The molecule has 0 bridgehead atoms. The summed E-state index contributed by atoms with van der Waals surface area (Å²) in [6.07, 6.45) is 2.06. The second-order valence-electron chi connectivity index (χ2n) is 6.61. The van der Waals surface area contributed by atoms with E-state index >= 15 is 0 Å². The van der Waals surface area contributed by atoms with Crippen molar-refractivity contribution < 1.29 is 47.5 Å². The van der Waals surface area contributed by atoms with Crippen molar-refractivity contribution in [3.63, 3.8) is 0 Å². The van der Waals surface area contributed by atoms with E-state index in [1.54, 1.807) is 0 Å². The quantitative estimate of drug-likeness (QED) is 0.474. The maximum absolute atomic E-state index is 12.2. The Kier molecular flexibility index (Phi) is 8.31. The molecule has 2 aliphatic rings. The normalized spacial score (nSPS) is 28.8. The van der Waals surface area contributed by atoms with Crippen molar-refractivity contribution in [3.8, 4) is 24.7 Å².